The van der Waals surface area contributed by atoms with Crippen LogP contribution in [0.3, 0.4) is 0 Å². The van der Waals surface area contributed by atoms with Gasteiger partial charge in [-0.3, -0.25) is 0 Å². The number of hydrogen-bond donors (Lipinski definition) is 0. The Morgan fingerprint density at radius 1 is 1.71 bits per heavy atom. The summed E-state index contributed by atoms with van der Waals surface area (Å²) in [7, 11) is 0. The van der Waals surface area contributed by atoms with Crippen molar-refractivity contribution in [2.45, 2.75) is 19.4 Å². The van der Waals surface area contributed by atoms with Crippen molar-refractivity contribution in [2.24, 2.45) is 5.92 Å². The van der Waals surface area contributed by atoms with Crippen LogP contribution in [0.1, 0.15) is 12.8 Å². The normalized spacial score (nSPS) is 22.6. The minimum absolute atomic E-state index is 0.536. The maximum absolute atomic E-state index is 5.79. The second kappa shape index (κ2) is 4.64. The van der Waals surface area contributed by atoms with E-state index in [0.29, 0.717) is 11.1 Å². The summed E-state index contributed by atoms with van der Waals surface area (Å²) in [5.74, 6) is 0.588. The van der Waals surface area contributed by atoms with Gasteiger partial charge in [-0.05, 0) is 28.8 Å². The molecule has 1 aromatic rings. The van der Waals surface area contributed by atoms with Crippen molar-refractivity contribution in [1.29, 1.82) is 0 Å². The van der Waals surface area contributed by atoms with Gasteiger partial charge < -0.3 is 9.30 Å². The molecule has 0 aliphatic carbocycles. The molecule has 5 heteroatoms. The molecule has 3 nitrogen and oxygen atoms in total. The van der Waals surface area contributed by atoms with Crippen molar-refractivity contribution in [2.75, 3.05) is 13.2 Å². The summed E-state index contributed by atoms with van der Waals surface area (Å²) < 4.78 is 8.25. The van der Waals surface area contributed by atoms with E-state index in [1.165, 1.54) is 6.42 Å². The number of nitrogens with zero attached hydrogens (tertiary/aromatic N) is 2. The number of halogens is 2. The molecule has 0 aromatic carbocycles. The standard InChI is InChI=1S/C9H12BrClN2O/c10-9-12-8(11)5-13(9)4-7-2-1-3-14-6-7/h5,7H,1-4,6H2. The van der Waals surface area contributed by atoms with E-state index in [9.17, 15) is 0 Å². The fraction of sp³-hybridized carbons (Fsp3) is 0.667. The number of hydrogen-bond acceptors (Lipinski definition) is 2. The largest absolute Gasteiger partial charge is 0.381 e. The van der Waals surface area contributed by atoms with Gasteiger partial charge in [-0.25, -0.2) is 4.98 Å². The zero-order valence-electron chi connectivity index (χ0n) is 7.75. The quantitative estimate of drug-likeness (QED) is 0.832. The average Bonchev–Trinajstić information content (AvgIpc) is 2.47. The molecule has 78 valence electrons. The van der Waals surface area contributed by atoms with Crippen LogP contribution in [-0.2, 0) is 11.3 Å². The van der Waals surface area contributed by atoms with E-state index < -0.39 is 0 Å². The summed E-state index contributed by atoms with van der Waals surface area (Å²) in [5.41, 5.74) is 0. The van der Waals surface area contributed by atoms with Gasteiger partial charge >= 0.3 is 0 Å². The Kier molecular flexibility index (Phi) is 3.47. The van der Waals surface area contributed by atoms with Crippen molar-refractivity contribution in [3.8, 4) is 0 Å². The van der Waals surface area contributed by atoms with E-state index in [2.05, 4.69) is 20.9 Å². The SMILES string of the molecule is Clc1cn(CC2CCCOC2)c(Br)n1. The topological polar surface area (TPSA) is 27.1 Å². The van der Waals surface area contributed by atoms with E-state index in [1.807, 2.05) is 10.8 Å². The van der Waals surface area contributed by atoms with Gasteiger partial charge in [0.25, 0.3) is 0 Å². The first-order chi connectivity index (χ1) is 6.75. The zero-order chi connectivity index (χ0) is 9.97. The lowest BCUT2D eigenvalue weighted by molar-refractivity contribution is 0.0481. The first kappa shape index (κ1) is 10.5. The van der Waals surface area contributed by atoms with Crippen molar-refractivity contribution in [3.63, 3.8) is 0 Å². The van der Waals surface area contributed by atoms with Gasteiger partial charge in [-0.1, -0.05) is 11.6 Å². The third kappa shape index (κ3) is 2.49. The van der Waals surface area contributed by atoms with Crippen LogP contribution in [0.5, 0.6) is 0 Å². The second-order valence-electron chi connectivity index (χ2n) is 3.57. The lowest BCUT2D eigenvalue weighted by Gasteiger charge is -2.22. The van der Waals surface area contributed by atoms with Crippen molar-refractivity contribution in [3.05, 3.63) is 16.1 Å². The molecule has 1 aromatic heterocycles. The lowest BCUT2D eigenvalue weighted by Crippen LogP contribution is -2.21. The molecule has 1 aliphatic rings. The molecule has 2 heterocycles. The summed E-state index contributed by atoms with van der Waals surface area (Å²) in [6, 6.07) is 0. The Morgan fingerprint density at radius 2 is 2.57 bits per heavy atom. The Labute approximate surface area is 96.5 Å². The molecule has 0 radical (unpaired) electrons. The molecule has 14 heavy (non-hydrogen) atoms. The number of ether oxygens (including phenoxy) is 1. The maximum atomic E-state index is 5.79. The molecule has 1 aliphatic heterocycles. The average molecular weight is 280 g/mol. The lowest BCUT2D eigenvalue weighted by atomic mass is 10.0. The summed E-state index contributed by atoms with van der Waals surface area (Å²) in [5, 5.41) is 0.536. The maximum Gasteiger partial charge on any atom is 0.178 e. The predicted octanol–water partition coefficient (Wildman–Crippen LogP) is 2.73. The Hall–Kier alpha value is -0.0600. The van der Waals surface area contributed by atoms with Gasteiger partial charge in [0, 0.05) is 25.3 Å². The van der Waals surface area contributed by atoms with Crippen LogP contribution in [-0.4, -0.2) is 22.8 Å². The minimum atomic E-state index is 0.536. The number of aromatic nitrogens is 2. The van der Waals surface area contributed by atoms with E-state index in [0.717, 1.165) is 30.9 Å². The van der Waals surface area contributed by atoms with Crippen LogP contribution >= 0.6 is 27.5 Å². The molecule has 1 saturated heterocycles. The molecular weight excluding hydrogens is 267 g/mol. The summed E-state index contributed by atoms with van der Waals surface area (Å²) in [4.78, 5) is 4.08. The highest BCUT2D eigenvalue weighted by Gasteiger charge is 2.15. The highest BCUT2D eigenvalue weighted by atomic mass is 79.9. The molecular formula is C9H12BrClN2O. The molecule has 0 spiro atoms. The zero-order valence-corrected chi connectivity index (χ0v) is 10.1. The Balaban J connectivity index is 1.98. The van der Waals surface area contributed by atoms with Crippen LogP contribution in [0.4, 0.5) is 0 Å². The highest BCUT2D eigenvalue weighted by molar-refractivity contribution is 9.10. The number of imidazole rings is 1. The first-order valence-corrected chi connectivity index (χ1v) is 5.88. The second-order valence-corrected chi connectivity index (χ2v) is 4.66. The fourth-order valence-corrected chi connectivity index (χ4v) is 2.46. The first-order valence-electron chi connectivity index (χ1n) is 4.71. The molecule has 0 saturated carbocycles. The minimum Gasteiger partial charge on any atom is -0.381 e. The third-order valence-electron chi connectivity index (χ3n) is 2.41. The molecule has 0 bridgehead atoms. The van der Waals surface area contributed by atoms with Crippen molar-refractivity contribution < 1.29 is 4.74 Å². The van der Waals surface area contributed by atoms with Crippen molar-refractivity contribution >= 4 is 27.5 Å². The number of rotatable bonds is 2. The monoisotopic (exact) mass is 278 g/mol. The highest BCUT2D eigenvalue weighted by Crippen LogP contribution is 2.20. The third-order valence-corrected chi connectivity index (χ3v) is 3.22. The van der Waals surface area contributed by atoms with Crippen LogP contribution in [0.25, 0.3) is 0 Å². The van der Waals surface area contributed by atoms with Crippen LogP contribution in [0, 0.1) is 5.92 Å². The smallest absolute Gasteiger partial charge is 0.178 e. The summed E-state index contributed by atoms with van der Waals surface area (Å²) in [6.07, 6.45) is 4.23. The van der Waals surface area contributed by atoms with E-state index >= 15 is 0 Å². The predicted molar refractivity (Wildman–Crippen MR) is 58.5 cm³/mol. The molecule has 0 N–H and O–H groups in total. The Bertz CT molecular complexity index is 310. The molecule has 1 fully saturated rings. The van der Waals surface area contributed by atoms with Gasteiger partial charge in [0.2, 0.25) is 0 Å². The summed E-state index contributed by atoms with van der Waals surface area (Å²) in [6.45, 7) is 2.69. The van der Waals surface area contributed by atoms with E-state index in [1.54, 1.807) is 0 Å². The van der Waals surface area contributed by atoms with E-state index in [-0.39, 0.29) is 0 Å². The van der Waals surface area contributed by atoms with Gasteiger partial charge in [0.15, 0.2) is 4.73 Å². The van der Waals surface area contributed by atoms with Crippen LogP contribution in [0.2, 0.25) is 5.15 Å². The van der Waals surface area contributed by atoms with E-state index in [4.69, 9.17) is 16.3 Å². The van der Waals surface area contributed by atoms with Crippen LogP contribution < -0.4 is 0 Å². The van der Waals surface area contributed by atoms with Crippen LogP contribution in [0.15, 0.2) is 10.9 Å². The van der Waals surface area contributed by atoms with Gasteiger partial charge in [-0.2, -0.15) is 0 Å². The molecule has 1 atom stereocenters. The Morgan fingerprint density at radius 3 is 3.14 bits per heavy atom. The molecule has 1 unspecified atom stereocenters. The van der Waals surface area contributed by atoms with Crippen molar-refractivity contribution in [1.82, 2.24) is 9.55 Å². The van der Waals surface area contributed by atoms with Gasteiger partial charge in [0.1, 0.15) is 5.15 Å². The summed E-state index contributed by atoms with van der Waals surface area (Å²) >= 11 is 9.16. The van der Waals surface area contributed by atoms with Gasteiger partial charge in [-0.15, -0.1) is 0 Å². The fourth-order valence-electron chi connectivity index (χ4n) is 1.72. The van der Waals surface area contributed by atoms with Gasteiger partial charge in [0.05, 0.1) is 6.61 Å². The molecule has 0 amide bonds. The molecule has 2 rings (SSSR count).